The van der Waals surface area contributed by atoms with Gasteiger partial charge in [-0.05, 0) is 24.3 Å². The van der Waals surface area contributed by atoms with Crippen LogP contribution in [0.5, 0.6) is 0 Å². The second-order valence-electron chi connectivity index (χ2n) is 4.48. The number of carbonyl (C=O) groups excluding carboxylic acids is 2. The van der Waals surface area contributed by atoms with Gasteiger partial charge in [-0.15, -0.1) is 0 Å². The SMILES string of the molecule is CCS(=O)(=O)c1ccc(NC(=O)C2=NNC(=O)CC2)cc1. The first-order valence-corrected chi connectivity index (χ1v) is 8.07. The molecule has 21 heavy (non-hydrogen) atoms. The van der Waals surface area contributed by atoms with Crippen LogP contribution in [0, 0.1) is 0 Å². The number of sulfone groups is 1. The second kappa shape index (κ2) is 6.04. The number of hydrazone groups is 1. The Kier molecular flexibility index (Phi) is 4.37. The summed E-state index contributed by atoms with van der Waals surface area (Å²) in [6.07, 6.45) is 0.500. The molecular formula is C13H15N3O4S. The molecule has 2 N–H and O–H groups in total. The Morgan fingerprint density at radius 1 is 1.29 bits per heavy atom. The molecule has 0 aliphatic carbocycles. The van der Waals surface area contributed by atoms with Gasteiger partial charge in [0, 0.05) is 18.5 Å². The fraction of sp³-hybridized carbons (Fsp3) is 0.308. The number of nitrogens with one attached hydrogen (secondary N) is 2. The third kappa shape index (κ3) is 3.66. The minimum absolute atomic E-state index is 0.0230. The van der Waals surface area contributed by atoms with Gasteiger partial charge in [0.1, 0.15) is 5.71 Å². The van der Waals surface area contributed by atoms with Crippen molar-refractivity contribution in [1.82, 2.24) is 5.43 Å². The first kappa shape index (κ1) is 15.2. The third-order valence-corrected chi connectivity index (χ3v) is 4.77. The van der Waals surface area contributed by atoms with E-state index in [4.69, 9.17) is 0 Å². The number of benzene rings is 1. The molecule has 0 saturated carbocycles. The molecule has 0 bridgehead atoms. The van der Waals surface area contributed by atoms with Gasteiger partial charge in [-0.2, -0.15) is 5.10 Å². The van der Waals surface area contributed by atoms with E-state index in [9.17, 15) is 18.0 Å². The number of anilines is 1. The molecule has 1 aliphatic heterocycles. The predicted molar refractivity (Wildman–Crippen MR) is 77.6 cm³/mol. The maximum Gasteiger partial charge on any atom is 0.271 e. The molecule has 8 heteroatoms. The van der Waals surface area contributed by atoms with E-state index in [1.807, 2.05) is 0 Å². The molecule has 1 aliphatic rings. The molecule has 112 valence electrons. The summed E-state index contributed by atoms with van der Waals surface area (Å²) in [6.45, 7) is 1.57. The van der Waals surface area contributed by atoms with Gasteiger partial charge >= 0.3 is 0 Å². The Morgan fingerprint density at radius 2 is 1.95 bits per heavy atom. The first-order valence-electron chi connectivity index (χ1n) is 6.42. The second-order valence-corrected chi connectivity index (χ2v) is 6.75. The summed E-state index contributed by atoms with van der Waals surface area (Å²) in [6, 6.07) is 5.92. The van der Waals surface area contributed by atoms with Gasteiger partial charge in [0.25, 0.3) is 5.91 Å². The van der Waals surface area contributed by atoms with E-state index < -0.39 is 15.7 Å². The molecule has 0 fully saturated rings. The zero-order valence-electron chi connectivity index (χ0n) is 11.4. The maximum absolute atomic E-state index is 11.9. The lowest BCUT2D eigenvalue weighted by Gasteiger charge is -2.12. The lowest BCUT2D eigenvalue weighted by molar-refractivity contribution is -0.121. The van der Waals surface area contributed by atoms with E-state index in [1.165, 1.54) is 24.3 Å². The first-order chi connectivity index (χ1) is 9.92. The number of amides is 2. The van der Waals surface area contributed by atoms with Gasteiger partial charge in [0.15, 0.2) is 9.84 Å². The van der Waals surface area contributed by atoms with E-state index >= 15 is 0 Å². The Morgan fingerprint density at radius 3 is 2.48 bits per heavy atom. The van der Waals surface area contributed by atoms with E-state index in [1.54, 1.807) is 6.92 Å². The maximum atomic E-state index is 11.9. The molecular weight excluding hydrogens is 294 g/mol. The molecule has 1 heterocycles. The summed E-state index contributed by atoms with van der Waals surface area (Å²) in [5.41, 5.74) is 2.95. The summed E-state index contributed by atoms with van der Waals surface area (Å²) >= 11 is 0. The van der Waals surface area contributed by atoms with E-state index in [2.05, 4.69) is 15.8 Å². The highest BCUT2D eigenvalue weighted by Crippen LogP contribution is 2.15. The molecule has 7 nitrogen and oxygen atoms in total. The average Bonchev–Trinajstić information content (AvgIpc) is 2.48. The van der Waals surface area contributed by atoms with E-state index in [0.29, 0.717) is 5.69 Å². The molecule has 1 aromatic carbocycles. The lowest BCUT2D eigenvalue weighted by Crippen LogP contribution is -2.32. The van der Waals surface area contributed by atoms with Crippen LogP contribution in [0.1, 0.15) is 19.8 Å². The largest absolute Gasteiger partial charge is 0.321 e. The molecule has 1 aromatic rings. The highest BCUT2D eigenvalue weighted by Gasteiger charge is 2.18. The summed E-state index contributed by atoms with van der Waals surface area (Å²) in [4.78, 5) is 23.1. The van der Waals surface area contributed by atoms with Crippen molar-refractivity contribution < 1.29 is 18.0 Å². The van der Waals surface area contributed by atoms with E-state index in [0.717, 1.165) is 0 Å². The number of rotatable bonds is 4. The molecule has 0 unspecified atom stereocenters. The Labute approximate surface area is 122 Å². The van der Waals surface area contributed by atoms with Gasteiger partial charge in [0.2, 0.25) is 5.91 Å². The van der Waals surface area contributed by atoms with Crippen LogP contribution >= 0.6 is 0 Å². The Balaban J connectivity index is 2.07. The van der Waals surface area contributed by atoms with Crippen molar-refractivity contribution in [3.8, 4) is 0 Å². The van der Waals surface area contributed by atoms with Gasteiger partial charge in [-0.25, -0.2) is 13.8 Å². The Bertz CT molecular complexity index is 693. The number of carbonyl (C=O) groups is 2. The minimum Gasteiger partial charge on any atom is -0.321 e. The van der Waals surface area contributed by atoms with Crippen LogP contribution in [-0.2, 0) is 19.4 Å². The average molecular weight is 309 g/mol. The molecule has 0 aromatic heterocycles. The summed E-state index contributed by atoms with van der Waals surface area (Å²) in [5.74, 6) is -0.614. The van der Waals surface area contributed by atoms with Crippen LogP contribution in [0.3, 0.4) is 0 Å². The number of hydrogen-bond acceptors (Lipinski definition) is 5. The molecule has 2 rings (SSSR count). The molecule has 0 radical (unpaired) electrons. The smallest absolute Gasteiger partial charge is 0.271 e. The number of nitrogens with zero attached hydrogens (tertiary/aromatic N) is 1. The summed E-state index contributed by atoms with van der Waals surface area (Å²) < 4.78 is 23.3. The Hall–Kier alpha value is -2.22. The highest BCUT2D eigenvalue weighted by molar-refractivity contribution is 7.91. The van der Waals surface area contributed by atoms with Gasteiger partial charge < -0.3 is 5.32 Å². The molecule has 0 atom stereocenters. The van der Waals surface area contributed by atoms with E-state index in [-0.39, 0.29) is 35.1 Å². The normalized spacial score (nSPS) is 15.1. The predicted octanol–water partition coefficient (Wildman–Crippen LogP) is 0.685. The van der Waals surface area contributed by atoms with Crippen LogP contribution in [0.4, 0.5) is 5.69 Å². The van der Waals surface area contributed by atoms with Crippen molar-refractivity contribution in [2.45, 2.75) is 24.7 Å². The lowest BCUT2D eigenvalue weighted by atomic mass is 10.1. The third-order valence-electron chi connectivity index (χ3n) is 3.02. The quantitative estimate of drug-likeness (QED) is 0.853. The molecule has 2 amide bonds. The van der Waals surface area contributed by atoms with Crippen molar-refractivity contribution in [2.24, 2.45) is 5.10 Å². The van der Waals surface area contributed by atoms with Gasteiger partial charge in [0.05, 0.1) is 10.6 Å². The molecule has 0 saturated heterocycles. The standard InChI is InChI=1S/C13H15N3O4S/c1-2-21(19,20)10-5-3-9(4-6-10)14-13(18)11-7-8-12(17)16-15-11/h3-6H,2,7-8H2,1H3,(H,14,18)(H,16,17). The van der Waals surface area contributed by atoms with Crippen LogP contribution in [0.2, 0.25) is 0 Å². The topological polar surface area (TPSA) is 105 Å². The van der Waals surface area contributed by atoms with Crippen LogP contribution in [0.25, 0.3) is 0 Å². The zero-order valence-corrected chi connectivity index (χ0v) is 12.2. The fourth-order valence-electron chi connectivity index (χ4n) is 1.75. The van der Waals surface area contributed by atoms with Gasteiger partial charge in [-0.3, -0.25) is 9.59 Å². The zero-order chi connectivity index (χ0) is 15.5. The van der Waals surface area contributed by atoms with Crippen LogP contribution < -0.4 is 10.7 Å². The highest BCUT2D eigenvalue weighted by atomic mass is 32.2. The van der Waals surface area contributed by atoms with Crippen molar-refractivity contribution in [1.29, 1.82) is 0 Å². The van der Waals surface area contributed by atoms with Crippen LogP contribution in [-0.4, -0.2) is 31.7 Å². The van der Waals surface area contributed by atoms with Gasteiger partial charge in [-0.1, -0.05) is 6.92 Å². The van der Waals surface area contributed by atoms with Crippen molar-refractivity contribution in [3.63, 3.8) is 0 Å². The molecule has 0 spiro atoms. The summed E-state index contributed by atoms with van der Waals surface area (Å²) in [5, 5.41) is 6.29. The number of hydrogen-bond donors (Lipinski definition) is 2. The van der Waals surface area contributed by atoms with Crippen LogP contribution in [0.15, 0.2) is 34.3 Å². The minimum atomic E-state index is -3.25. The van der Waals surface area contributed by atoms with Crippen molar-refractivity contribution >= 4 is 33.1 Å². The monoisotopic (exact) mass is 309 g/mol. The van der Waals surface area contributed by atoms with Crippen molar-refractivity contribution in [3.05, 3.63) is 24.3 Å². The summed E-state index contributed by atoms with van der Waals surface area (Å²) in [7, 11) is -3.25. The fourth-order valence-corrected chi connectivity index (χ4v) is 2.64. The van der Waals surface area contributed by atoms with Crippen molar-refractivity contribution in [2.75, 3.05) is 11.1 Å².